The Morgan fingerprint density at radius 1 is 1.14 bits per heavy atom. The highest BCUT2D eigenvalue weighted by molar-refractivity contribution is 5.97. The van der Waals surface area contributed by atoms with Crippen molar-refractivity contribution in [3.63, 3.8) is 0 Å². The molecule has 4 rings (SSSR count). The lowest BCUT2D eigenvalue weighted by Crippen LogP contribution is -2.42. The summed E-state index contributed by atoms with van der Waals surface area (Å²) in [7, 11) is 1.73. The highest BCUT2D eigenvalue weighted by Gasteiger charge is 2.35. The molecule has 3 heterocycles. The molecule has 1 aliphatic heterocycles. The van der Waals surface area contributed by atoms with E-state index in [1.54, 1.807) is 43.7 Å². The van der Waals surface area contributed by atoms with E-state index in [4.69, 9.17) is 5.73 Å². The van der Waals surface area contributed by atoms with Crippen molar-refractivity contribution >= 4 is 28.4 Å². The number of anilines is 2. The Morgan fingerprint density at radius 3 is 2.59 bits per heavy atom. The molecule has 7 nitrogen and oxygen atoms in total. The second-order valence-corrected chi connectivity index (χ2v) is 7.02. The molecule has 1 amide bonds. The summed E-state index contributed by atoms with van der Waals surface area (Å²) < 4.78 is 26.7. The van der Waals surface area contributed by atoms with E-state index in [0.29, 0.717) is 39.4 Å². The van der Waals surface area contributed by atoms with Crippen LogP contribution in [0.3, 0.4) is 0 Å². The number of nitrogens with zero attached hydrogens (tertiary/aromatic N) is 4. The van der Waals surface area contributed by atoms with Crippen LogP contribution in [0.2, 0.25) is 0 Å². The number of piperidine rings is 1. The highest BCUT2D eigenvalue weighted by atomic mass is 19.3. The summed E-state index contributed by atoms with van der Waals surface area (Å²) in [5.41, 5.74) is 9.29. The number of halogens is 2. The zero-order chi connectivity index (χ0) is 20.6. The van der Waals surface area contributed by atoms with E-state index in [9.17, 15) is 13.6 Å². The van der Waals surface area contributed by atoms with Crippen LogP contribution in [0.15, 0.2) is 36.7 Å². The molecule has 0 atom stereocenters. The first kappa shape index (κ1) is 19.0. The fourth-order valence-corrected chi connectivity index (χ4v) is 3.33. The summed E-state index contributed by atoms with van der Waals surface area (Å²) in [5.74, 6) is -2.40. The van der Waals surface area contributed by atoms with Crippen molar-refractivity contribution in [2.24, 2.45) is 0 Å². The van der Waals surface area contributed by atoms with Crippen LogP contribution in [0.4, 0.5) is 20.3 Å². The van der Waals surface area contributed by atoms with Gasteiger partial charge in [-0.1, -0.05) is 0 Å². The number of fused-ring (bicyclic) bond motifs is 1. The SMILES string of the molecule is CNc1ncc(-c2cnc3ccc(C(=O)N4CCC(F)(F)CC4)cc3n2)cc1N. The van der Waals surface area contributed by atoms with E-state index < -0.39 is 5.92 Å². The molecular weight excluding hydrogens is 378 g/mol. The molecule has 1 saturated heterocycles. The van der Waals surface area contributed by atoms with Gasteiger partial charge in [0.05, 0.1) is 28.6 Å². The van der Waals surface area contributed by atoms with Crippen molar-refractivity contribution in [2.75, 3.05) is 31.2 Å². The lowest BCUT2D eigenvalue weighted by atomic mass is 10.1. The average molecular weight is 398 g/mol. The van der Waals surface area contributed by atoms with Crippen molar-refractivity contribution in [3.05, 3.63) is 42.2 Å². The van der Waals surface area contributed by atoms with E-state index in [1.807, 2.05) is 0 Å². The molecule has 1 aromatic carbocycles. The number of nitrogens with two attached hydrogens (primary N) is 1. The zero-order valence-corrected chi connectivity index (χ0v) is 15.8. The van der Waals surface area contributed by atoms with Gasteiger partial charge in [-0.05, 0) is 24.3 Å². The number of carbonyl (C=O) groups is 1. The number of carbonyl (C=O) groups excluding carboxylic acids is 1. The molecule has 0 bridgehead atoms. The standard InChI is InChI=1S/C20H20F2N6O/c1-24-18-14(23)8-13(10-26-18)17-11-25-15-3-2-12(9-16(15)27-17)19(29)28-6-4-20(21,22)5-7-28/h2-3,8-11H,4-7,23H2,1H3,(H,24,26). The second-order valence-electron chi connectivity index (χ2n) is 7.02. The Morgan fingerprint density at radius 2 is 1.90 bits per heavy atom. The Labute approximate surface area is 166 Å². The number of benzene rings is 1. The fraction of sp³-hybridized carbons (Fsp3) is 0.300. The summed E-state index contributed by atoms with van der Waals surface area (Å²) in [6.07, 6.45) is 2.63. The van der Waals surface area contributed by atoms with Gasteiger partial charge < -0.3 is 16.0 Å². The molecule has 1 aliphatic rings. The minimum atomic E-state index is -2.70. The molecule has 150 valence electrons. The van der Waals surface area contributed by atoms with Gasteiger partial charge in [0.25, 0.3) is 11.8 Å². The Bertz CT molecular complexity index is 1080. The quantitative estimate of drug-likeness (QED) is 0.703. The smallest absolute Gasteiger partial charge is 0.253 e. The number of alkyl halides is 2. The predicted octanol–water partition coefficient (Wildman–Crippen LogP) is 3.19. The minimum absolute atomic E-state index is 0.0400. The first-order chi connectivity index (χ1) is 13.9. The maximum atomic E-state index is 13.4. The Hall–Kier alpha value is -3.36. The van der Waals surface area contributed by atoms with Crippen LogP contribution in [0.5, 0.6) is 0 Å². The molecule has 3 aromatic rings. The summed E-state index contributed by atoms with van der Waals surface area (Å²) >= 11 is 0. The number of hydrogen-bond donors (Lipinski definition) is 2. The number of nitrogens with one attached hydrogen (secondary N) is 1. The maximum absolute atomic E-state index is 13.4. The third-order valence-corrected chi connectivity index (χ3v) is 5.02. The number of aromatic nitrogens is 3. The van der Waals surface area contributed by atoms with E-state index in [2.05, 4.69) is 20.3 Å². The molecule has 0 spiro atoms. The van der Waals surface area contributed by atoms with E-state index in [0.717, 1.165) is 0 Å². The third kappa shape index (κ3) is 3.80. The van der Waals surface area contributed by atoms with Crippen molar-refractivity contribution in [1.82, 2.24) is 19.9 Å². The Balaban J connectivity index is 1.63. The zero-order valence-electron chi connectivity index (χ0n) is 15.8. The first-order valence-electron chi connectivity index (χ1n) is 9.24. The number of rotatable bonds is 3. The number of amides is 1. The molecule has 2 aromatic heterocycles. The second kappa shape index (κ2) is 7.23. The molecule has 3 N–H and O–H groups in total. The average Bonchev–Trinajstić information content (AvgIpc) is 2.72. The molecule has 29 heavy (non-hydrogen) atoms. The van der Waals surface area contributed by atoms with Gasteiger partial charge in [-0.2, -0.15) is 0 Å². The van der Waals surface area contributed by atoms with Gasteiger partial charge in [-0.15, -0.1) is 0 Å². The molecular formula is C20H20F2N6O. The molecule has 0 radical (unpaired) electrons. The van der Waals surface area contributed by atoms with Crippen LogP contribution >= 0.6 is 0 Å². The molecule has 0 aliphatic carbocycles. The number of pyridine rings is 1. The topological polar surface area (TPSA) is 97.0 Å². The lowest BCUT2D eigenvalue weighted by Gasteiger charge is -2.31. The van der Waals surface area contributed by atoms with Crippen LogP contribution in [-0.4, -0.2) is 51.8 Å². The van der Waals surface area contributed by atoms with Crippen LogP contribution in [0, 0.1) is 0 Å². The van der Waals surface area contributed by atoms with Gasteiger partial charge in [0.2, 0.25) is 0 Å². The first-order valence-corrected chi connectivity index (χ1v) is 9.24. The van der Waals surface area contributed by atoms with Gasteiger partial charge in [0, 0.05) is 50.3 Å². The van der Waals surface area contributed by atoms with Crippen LogP contribution in [0.1, 0.15) is 23.2 Å². The van der Waals surface area contributed by atoms with E-state index in [-0.39, 0.29) is 31.8 Å². The van der Waals surface area contributed by atoms with Crippen LogP contribution in [-0.2, 0) is 0 Å². The number of likely N-dealkylation sites (tertiary alicyclic amines) is 1. The van der Waals surface area contributed by atoms with Crippen molar-refractivity contribution in [1.29, 1.82) is 0 Å². The Kier molecular flexibility index (Phi) is 4.73. The molecule has 9 heteroatoms. The number of hydrogen-bond acceptors (Lipinski definition) is 6. The van der Waals surface area contributed by atoms with Crippen LogP contribution < -0.4 is 11.1 Å². The van der Waals surface area contributed by atoms with Gasteiger partial charge >= 0.3 is 0 Å². The summed E-state index contributed by atoms with van der Waals surface area (Å²) in [4.78, 5) is 27.4. The highest BCUT2D eigenvalue weighted by Crippen LogP contribution is 2.29. The molecule has 0 unspecified atom stereocenters. The largest absolute Gasteiger partial charge is 0.396 e. The van der Waals surface area contributed by atoms with Crippen molar-refractivity contribution < 1.29 is 13.6 Å². The summed E-state index contributed by atoms with van der Waals surface area (Å²) in [5, 5.41) is 2.90. The van der Waals surface area contributed by atoms with Gasteiger partial charge in [0.15, 0.2) is 0 Å². The summed E-state index contributed by atoms with van der Waals surface area (Å²) in [6, 6.07) is 6.74. The maximum Gasteiger partial charge on any atom is 0.253 e. The van der Waals surface area contributed by atoms with E-state index >= 15 is 0 Å². The van der Waals surface area contributed by atoms with Gasteiger partial charge in [0.1, 0.15) is 5.82 Å². The third-order valence-electron chi connectivity index (χ3n) is 5.02. The molecule has 0 saturated carbocycles. The van der Waals surface area contributed by atoms with Gasteiger partial charge in [-0.3, -0.25) is 9.78 Å². The summed E-state index contributed by atoms with van der Waals surface area (Å²) in [6.45, 7) is 0.0801. The lowest BCUT2D eigenvalue weighted by molar-refractivity contribution is -0.0494. The minimum Gasteiger partial charge on any atom is -0.396 e. The number of nitrogen functional groups attached to an aromatic ring is 1. The molecule has 1 fully saturated rings. The van der Waals surface area contributed by atoms with E-state index in [1.165, 1.54) is 4.90 Å². The predicted molar refractivity (Wildman–Crippen MR) is 107 cm³/mol. The normalized spacial score (nSPS) is 16.0. The monoisotopic (exact) mass is 398 g/mol. The van der Waals surface area contributed by atoms with Gasteiger partial charge in [-0.25, -0.2) is 18.7 Å². The van der Waals surface area contributed by atoms with Crippen molar-refractivity contribution in [3.8, 4) is 11.3 Å². The van der Waals surface area contributed by atoms with Crippen LogP contribution in [0.25, 0.3) is 22.3 Å². The fourth-order valence-electron chi connectivity index (χ4n) is 3.33. The van der Waals surface area contributed by atoms with Crippen molar-refractivity contribution in [2.45, 2.75) is 18.8 Å².